The van der Waals surface area contributed by atoms with Gasteiger partial charge in [-0.05, 0) is 38.2 Å². The van der Waals surface area contributed by atoms with Gasteiger partial charge in [-0.25, -0.2) is 0 Å². The highest BCUT2D eigenvalue weighted by molar-refractivity contribution is 5.79. The van der Waals surface area contributed by atoms with Gasteiger partial charge in [-0.2, -0.15) is 0 Å². The highest BCUT2D eigenvalue weighted by Gasteiger charge is 2.24. The van der Waals surface area contributed by atoms with Crippen molar-refractivity contribution in [1.29, 1.82) is 0 Å². The van der Waals surface area contributed by atoms with Crippen molar-refractivity contribution in [3.8, 4) is 0 Å². The topological polar surface area (TPSA) is 47.1 Å². The molecule has 0 radical (unpaired) electrons. The predicted octanol–water partition coefficient (Wildman–Crippen LogP) is 2.36. The quantitative estimate of drug-likeness (QED) is 0.655. The fourth-order valence-corrected chi connectivity index (χ4v) is 4.31. The Morgan fingerprint density at radius 1 is 0.867 bits per heavy atom. The van der Waals surface area contributed by atoms with Crippen LogP contribution in [-0.2, 0) is 16.1 Å². The molecule has 0 bridgehead atoms. The van der Waals surface area contributed by atoms with Crippen LogP contribution < -0.4 is 0 Å². The average Bonchev–Trinajstić information content (AvgIpc) is 2.77. The van der Waals surface area contributed by atoms with Crippen LogP contribution in [0.5, 0.6) is 0 Å². The van der Waals surface area contributed by atoms with E-state index >= 15 is 0 Å². The van der Waals surface area contributed by atoms with Crippen LogP contribution in [0.1, 0.15) is 43.7 Å². The van der Waals surface area contributed by atoms with Crippen molar-refractivity contribution in [2.24, 2.45) is 0 Å². The molecule has 0 spiro atoms. The lowest BCUT2D eigenvalue weighted by Gasteiger charge is -2.36. The Morgan fingerprint density at radius 2 is 1.47 bits per heavy atom. The summed E-state index contributed by atoms with van der Waals surface area (Å²) in [5, 5.41) is 0. The Kier molecular flexibility index (Phi) is 8.70. The number of rotatable bonds is 8. The lowest BCUT2D eigenvalue weighted by Crippen LogP contribution is -2.52. The molecule has 166 valence electrons. The maximum atomic E-state index is 12.9. The van der Waals surface area contributed by atoms with Gasteiger partial charge in [0.05, 0.1) is 13.1 Å². The standard InChI is InChI=1S/C24H38N4O2/c1-3-11-28(18-22-9-7-21(2)8-10-22)24(30)20-26-16-14-25(15-17-26)19-23(29)27-12-5-4-6-13-27/h7-10H,3-6,11-20H2,1-2H3. The first-order valence-corrected chi connectivity index (χ1v) is 11.6. The minimum Gasteiger partial charge on any atom is -0.342 e. The van der Waals surface area contributed by atoms with Crippen LogP contribution in [0.15, 0.2) is 24.3 Å². The summed E-state index contributed by atoms with van der Waals surface area (Å²) in [6.45, 7) is 11.9. The predicted molar refractivity (Wildman–Crippen MR) is 120 cm³/mol. The van der Waals surface area contributed by atoms with E-state index in [1.165, 1.54) is 17.5 Å². The van der Waals surface area contributed by atoms with E-state index in [1.807, 2.05) is 9.80 Å². The molecule has 0 saturated carbocycles. The van der Waals surface area contributed by atoms with Crippen molar-refractivity contribution in [3.63, 3.8) is 0 Å². The number of piperidine rings is 1. The van der Waals surface area contributed by atoms with Gasteiger partial charge in [0, 0.05) is 52.4 Å². The first-order valence-electron chi connectivity index (χ1n) is 11.6. The van der Waals surface area contributed by atoms with E-state index in [9.17, 15) is 9.59 Å². The molecular formula is C24H38N4O2. The summed E-state index contributed by atoms with van der Waals surface area (Å²) < 4.78 is 0. The number of amides is 2. The second kappa shape index (κ2) is 11.5. The SMILES string of the molecule is CCCN(Cc1ccc(C)cc1)C(=O)CN1CCN(CC(=O)N2CCCCC2)CC1. The first kappa shape index (κ1) is 22.8. The highest BCUT2D eigenvalue weighted by Crippen LogP contribution is 2.12. The number of aryl methyl sites for hydroxylation is 1. The molecule has 0 aliphatic carbocycles. The normalized spacial score (nSPS) is 18.4. The molecule has 2 heterocycles. The minimum atomic E-state index is 0.204. The highest BCUT2D eigenvalue weighted by atomic mass is 16.2. The third-order valence-corrected chi connectivity index (χ3v) is 6.23. The average molecular weight is 415 g/mol. The van der Waals surface area contributed by atoms with E-state index in [4.69, 9.17) is 0 Å². The van der Waals surface area contributed by atoms with E-state index in [0.29, 0.717) is 19.6 Å². The lowest BCUT2D eigenvalue weighted by atomic mass is 10.1. The van der Waals surface area contributed by atoms with Gasteiger partial charge >= 0.3 is 0 Å². The molecule has 2 fully saturated rings. The number of carbonyl (C=O) groups excluding carboxylic acids is 2. The summed E-state index contributed by atoms with van der Waals surface area (Å²) in [5.74, 6) is 0.474. The van der Waals surface area contributed by atoms with Crippen LogP contribution in [0.3, 0.4) is 0 Å². The van der Waals surface area contributed by atoms with Gasteiger partial charge in [0.25, 0.3) is 0 Å². The molecule has 30 heavy (non-hydrogen) atoms. The number of hydrogen-bond acceptors (Lipinski definition) is 4. The van der Waals surface area contributed by atoms with Crippen LogP contribution in [0.4, 0.5) is 0 Å². The molecule has 2 saturated heterocycles. The van der Waals surface area contributed by atoms with E-state index in [2.05, 4.69) is 47.9 Å². The first-order chi connectivity index (χ1) is 14.5. The molecule has 3 rings (SSSR count). The van der Waals surface area contributed by atoms with Crippen LogP contribution in [0.2, 0.25) is 0 Å². The summed E-state index contributed by atoms with van der Waals surface area (Å²) in [5.41, 5.74) is 2.42. The molecule has 0 unspecified atom stereocenters. The summed E-state index contributed by atoms with van der Waals surface area (Å²) in [4.78, 5) is 33.9. The largest absolute Gasteiger partial charge is 0.342 e. The second-order valence-electron chi connectivity index (χ2n) is 8.79. The van der Waals surface area contributed by atoms with Crippen LogP contribution in [0, 0.1) is 6.92 Å². The van der Waals surface area contributed by atoms with Crippen molar-refractivity contribution >= 4 is 11.8 Å². The zero-order valence-electron chi connectivity index (χ0n) is 18.8. The van der Waals surface area contributed by atoms with Gasteiger partial charge in [0.1, 0.15) is 0 Å². The van der Waals surface area contributed by atoms with E-state index < -0.39 is 0 Å². The second-order valence-corrected chi connectivity index (χ2v) is 8.79. The third kappa shape index (κ3) is 6.81. The van der Waals surface area contributed by atoms with Gasteiger partial charge in [0.2, 0.25) is 11.8 Å². The van der Waals surface area contributed by atoms with E-state index in [0.717, 1.165) is 65.1 Å². The van der Waals surface area contributed by atoms with Crippen molar-refractivity contribution in [2.45, 2.75) is 46.1 Å². The Morgan fingerprint density at radius 3 is 2.07 bits per heavy atom. The smallest absolute Gasteiger partial charge is 0.237 e. The van der Waals surface area contributed by atoms with Crippen molar-refractivity contribution < 1.29 is 9.59 Å². The van der Waals surface area contributed by atoms with Gasteiger partial charge in [-0.1, -0.05) is 36.8 Å². The summed E-state index contributed by atoms with van der Waals surface area (Å²) in [6.07, 6.45) is 4.48. The zero-order chi connectivity index (χ0) is 21.3. The van der Waals surface area contributed by atoms with Crippen molar-refractivity contribution in [1.82, 2.24) is 19.6 Å². The molecule has 1 aromatic rings. The minimum absolute atomic E-state index is 0.204. The molecule has 0 aromatic heterocycles. The fourth-order valence-electron chi connectivity index (χ4n) is 4.31. The number of likely N-dealkylation sites (tertiary alicyclic amines) is 1. The lowest BCUT2D eigenvalue weighted by molar-refractivity contribution is -0.136. The molecule has 2 amide bonds. The zero-order valence-corrected chi connectivity index (χ0v) is 18.8. The van der Waals surface area contributed by atoms with E-state index in [-0.39, 0.29) is 11.8 Å². The number of piperazine rings is 1. The number of hydrogen-bond donors (Lipinski definition) is 0. The maximum Gasteiger partial charge on any atom is 0.237 e. The van der Waals surface area contributed by atoms with Crippen molar-refractivity contribution in [3.05, 3.63) is 35.4 Å². The Hall–Kier alpha value is -1.92. The molecule has 0 atom stereocenters. The van der Waals surface area contributed by atoms with Crippen LogP contribution >= 0.6 is 0 Å². The molecule has 6 nitrogen and oxygen atoms in total. The summed E-state index contributed by atoms with van der Waals surface area (Å²) in [6, 6.07) is 8.44. The van der Waals surface area contributed by atoms with Crippen LogP contribution in [-0.4, -0.2) is 90.3 Å². The van der Waals surface area contributed by atoms with Gasteiger partial charge in [0.15, 0.2) is 0 Å². The summed E-state index contributed by atoms with van der Waals surface area (Å²) in [7, 11) is 0. The van der Waals surface area contributed by atoms with Crippen LogP contribution in [0.25, 0.3) is 0 Å². The summed E-state index contributed by atoms with van der Waals surface area (Å²) >= 11 is 0. The molecule has 6 heteroatoms. The molecule has 2 aliphatic heterocycles. The van der Waals surface area contributed by atoms with E-state index in [1.54, 1.807) is 0 Å². The Labute approximate surface area is 181 Å². The fraction of sp³-hybridized carbons (Fsp3) is 0.667. The van der Waals surface area contributed by atoms with Gasteiger partial charge in [-0.15, -0.1) is 0 Å². The Bertz CT molecular complexity index is 677. The molecule has 2 aliphatic rings. The molecule has 1 aromatic carbocycles. The number of carbonyl (C=O) groups is 2. The molecule has 0 N–H and O–H groups in total. The van der Waals surface area contributed by atoms with Crippen molar-refractivity contribution in [2.75, 3.05) is 58.9 Å². The third-order valence-electron chi connectivity index (χ3n) is 6.23. The van der Waals surface area contributed by atoms with Gasteiger partial charge in [-0.3, -0.25) is 19.4 Å². The Balaban J connectivity index is 1.43. The maximum absolute atomic E-state index is 12.9. The number of benzene rings is 1. The van der Waals surface area contributed by atoms with Gasteiger partial charge < -0.3 is 9.80 Å². The molecular weight excluding hydrogens is 376 g/mol. The number of nitrogens with zero attached hydrogens (tertiary/aromatic N) is 4. The monoisotopic (exact) mass is 414 g/mol.